The molecule has 0 amide bonds. The van der Waals surface area contributed by atoms with Gasteiger partial charge < -0.3 is 4.74 Å². The Kier molecular flexibility index (Phi) is 1.99. The summed E-state index contributed by atoms with van der Waals surface area (Å²) in [6.45, 7) is 0. The van der Waals surface area contributed by atoms with Crippen molar-refractivity contribution in [3.8, 4) is 11.9 Å². The van der Waals surface area contributed by atoms with Crippen molar-refractivity contribution in [2.24, 2.45) is 0 Å². The Hall–Kier alpha value is -2.15. The van der Waals surface area contributed by atoms with Gasteiger partial charge in [0.25, 0.3) is 0 Å². The Morgan fingerprint density at radius 3 is 3.00 bits per heavy atom. The predicted octanol–water partition coefficient (Wildman–Crippen LogP) is 1.51. The molecule has 0 aliphatic rings. The molecule has 0 radical (unpaired) electrons. The first kappa shape index (κ1) is 8.45. The number of methoxy groups -OCH3 is 1. The molecule has 0 saturated heterocycles. The van der Waals surface area contributed by atoms with Crippen LogP contribution in [0.1, 0.15) is 5.56 Å². The summed E-state index contributed by atoms with van der Waals surface area (Å²) in [5.41, 5.74) is 0.451. The quantitative estimate of drug-likeness (QED) is 0.675. The maximum absolute atomic E-state index is 8.96. The topological polar surface area (TPSA) is 58.8 Å². The van der Waals surface area contributed by atoms with Gasteiger partial charge in [-0.25, -0.2) is 4.98 Å². The fraction of sp³-hybridized carbons (Fsp3) is 0.100. The third-order valence-electron chi connectivity index (χ3n) is 1.96. The van der Waals surface area contributed by atoms with Crippen LogP contribution in [0.15, 0.2) is 24.7 Å². The minimum Gasteiger partial charge on any atom is -0.480 e. The normalized spacial score (nSPS) is 9.71. The number of hydrogen-bond donors (Lipinski definition) is 0. The number of aromatic nitrogens is 2. The molecule has 0 aromatic carbocycles. The Balaban J connectivity index is 2.85. The molecule has 0 bridgehead atoms. The smallest absolute Gasteiger partial charge is 0.232 e. The Bertz CT molecular complexity index is 516. The van der Waals surface area contributed by atoms with Crippen molar-refractivity contribution in [1.29, 1.82) is 5.26 Å². The highest BCUT2D eigenvalue weighted by molar-refractivity contribution is 5.87. The molecule has 68 valence electrons. The summed E-state index contributed by atoms with van der Waals surface area (Å²) in [5.74, 6) is 0.353. The second-order valence-electron chi connectivity index (χ2n) is 2.72. The van der Waals surface area contributed by atoms with Gasteiger partial charge in [0.2, 0.25) is 5.88 Å². The summed E-state index contributed by atoms with van der Waals surface area (Å²) in [7, 11) is 1.50. The van der Waals surface area contributed by atoms with Gasteiger partial charge in [0.05, 0.1) is 7.11 Å². The molecule has 2 rings (SSSR count). The summed E-state index contributed by atoms with van der Waals surface area (Å²) in [5, 5.41) is 10.6. The molecule has 2 aromatic rings. The second-order valence-corrected chi connectivity index (χ2v) is 2.72. The SMILES string of the molecule is COc1ncc2cnccc2c1C#N. The van der Waals surface area contributed by atoms with Crippen LogP contribution in [0.2, 0.25) is 0 Å². The minimum absolute atomic E-state index is 0.353. The highest BCUT2D eigenvalue weighted by atomic mass is 16.5. The lowest BCUT2D eigenvalue weighted by atomic mass is 10.1. The highest BCUT2D eigenvalue weighted by Crippen LogP contribution is 2.23. The van der Waals surface area contributed by atoms with Crippen molar-refractivity contribution in [3.05, 3.63) is 30.2 Å². The van der Waals surface area contributed by atoms with E-state index in [0.29, 0.717) is 11.4 Å². The lowest BCUT2D eigenvalue weighted by Crippen LogP contribution is -1.93. The van der Waals surface area contributed by atoms with Crippen molar-refractivity contribution < 1.29 is 4.74 Å². The van der Waals surface area contributed by atoms with Gasteiger partial charge in [-0.3, -0.25) is 4.98 Å². The molecule has 0 aliphatic heterocycles. The monoisotopic (exact) mass is 185 g/mol. The van der Waals surface area contributed by atoms with E-state index in [2.05, 4.69) is 16.0 Å². The van der Waals surface area contributed by atoms with Gasteiger partial charge in [-0.05, 0) is 6.07 Å². The van der Waals surface area contributed by atoms with Crippen molar-refractivity contribution in [3.63, 3.8) is 0 Å². The minimum atomic E-state index is 0.353. The fourth-order valence-electron chi connectivity index (χ4n) is 1.31. The number of fused-ring (bicyclic) bond motifs is 1. The molecule has 0 saturated carbocycles. The number of nitrogens with zero attached hydrogens (tertiary/aromatic N) is 3. The van der Waals surface area contributed by atoms with E-state index >= 15 is 0 Å². The van der Waals surface area contributed by atoms with Crippen LogP contribution < -0.4 is 4.74 Å². The number of ether oxygens (including phenoxy) is 1. The lowest BCUT2D eigenvalue weighted by molar-refractivity contribution is 0.397. The molecule has 4 heteroatoms. The van der Waals surface area contributed by atoms with Gasteiger partial charge in [-0.15, -0.1) is 0 Å². The van der Waals surface area contributed by atoms with Crippen LogP contribution in [-0.4, -0.2) is 17.1 Å². The molecule has 2 heterocycles. The zero-order valence-electron chi connectivity index (χ0n) is 7.56. The van der Waals surface area contributed by atoms with Crippen LogP contribution in [0.4, 0.5) is 0 Å². The summed E-state index contributed by atoms with van der Waals surface area (Å²) in [6, 6.07) is 3.85. The first-order valence-electron chi connectivity index (χ1n) is 4.03. The molecule has 0 spiro atoms. The summed E-state index contributed by atoms with van der Waals surface area (Å²) in [4.78, 5) is 7.96. The molecule has 14 heavy (non-hydrogen) atoms. The highest BCUT2D eigenvalue weighted by Gasteiger charge is 2.08. The molecular weight excluding hydrogens is 178 g/mol. The lowest BCUT2D eigenvalue weighted by Gasteiger charge is -2.03. The van der Waals surface area contributed by atoms with E-state index in [-0.39, 0.29) is 0 Å². The van der Waals surface area contributed by atoms with Crippen LogP contribution in [0.25, 0.3) is 10.8 Å². The van der Waals surface area contributed by atoms with E-state index in [0.717, 1.165) is 10.8 Å². The van der Waals surface area contributed by atoms with E-state index < -0.39 is 0 Å². The van der Waals surface area contributed by atoms with Crippen molar-refractivity contribution >= 4 is 10.8 Å². The maximum Gasteiger partial charge on any atom is 0.232 e. The predicted molar refractivity (Wildman–Crippen MR) is 50.8 cm³/mol. The van der Waals surface area contributed by atoms with Crippen molar-refractivity contribution in [2.75, 3.05) is 7.11 Å². The van der Waals surface area contributed by atoms with Crippen LogP contribution in [0.5, 0.6) is 5.88 Å². The Labute approximate surface area is 80.8 Å². The zero-order chi connectivity index (χ0) is 9.97. The molecule has 0 unspecified atom stereocenters. The molecule has 4 nitrogen and oxygen atoms in total. The first-order chi connectivity index (χ1) is 6.86. The Morgan fingerprint density at radius 1 is 1.43 bits per heavy atom. The van der Waals surface area contributed by atoms with E-state index in [1.807, 2.05) is 0 Å². The Morgan fingerprint density at radius 2 is 2.29 bits per heavy atom. The molecular formula is C10H7N3O. The van der Waals surface area contributed by atoms with Gasteiger partial charge in [0.1, 0.15) is 11.6 Å². The molecule has 0 atom stereocenters. The van der Waals surface area contributed by atoms with Crippen LogP contribution in [0, 0.1) is 11.3 Å². The van der Waals surface area contributed by atoms with Gasteiger partial charge in [0.15, 0.2) is 0 Å². The molecule has 2 aromatic heterocycles. The van der Waals surface area contributed by atoms with E-state index in [9.17, 15) is 0 Å². The van der Waals surface area contributed by atoms with Crippen LogP contribution in [-0.2, 0) is 0 Å². The number of hydrogen-bond acceptors (Lipinski definition) is 4. The third kappa shape index (κ3) is 1.15. The number of nitriles is 1. The number of rotatable bonds is 1. The standard InChI is InChI=1S/C10H7N3O/c1-14-10-9(4-11)8-2-3-12-5-7(8)6-13-10/h2-3,5-6H,1H3. The van der Waals surface area contributed by atoms with Crippen LogP contribution >= 0.6 is 0 Å². The molecule has 0 N–H and O–H groups in total. The largest absolute Gasteiger partial charge is 0.480 e. The van der Waals surface area contributed by atoms with Gasteiger partial charge in [0, 0.05) is 29.4 Å². The third-order valence-corrected chi connectivity index (χ3v) is 1.96. The van der Waals surface area contributed by atoms with Gasteiger partial charge in [-0.1, -0.05) is 0 Å². The van der Waals surface area contributed by atoms with E-state index in [1.165, 1.54) is 7.11 Å². The average molecular weight is 185 g/mol. The van der Waals surface area contributed by atoms with E-state index in [1.54, 1.807) is 24.7 Å². The summed E-state index contributed by atoms with van der Waals surface area (Å²) in [6.07, 6.45) is 4.95. The van der Waals surface area contributed by atoms with Crippen molar-refractivity contribution in [1.82, 2.24) is 9.97 Å². The first-order valence-corrected chi connectivity index (χ1v) is 4.03. The fourth-order valence-corrected chi connectivity index (χ4v) is 1.31. The second kappa shape index (κ2) is 3.30. The molecule has 0 aliphatic carbocycles. The zero-order valence-corrected chi connectivity index (χ0v) is 7.56. The van der Waals surface area contributed by atoms with Crippen LogP contribution in [0.3, 0.4) is 0 Å². The van der Waals surface area contributed by atoms with E-state index in [4.69, 9.17) is 10.00 Å². The molecule has 0 fully saturated rings. The van der Waals surface area contributed by atoms with Crippen molar-refractivity contribution in [2.45, 2.75) is 0 Å². The average Bonchev–Trinajstić information content (AvgIpc) is 2.27. The summed E-state index contributed by atoms with van der Waals surface area (Å²) < 4.78 is 4.99. The van der Waals surface area contributed by atoms with Gasteiger partial charge in [-0.2, -0.15) is 5.26 Å². The van der Waals surface area contributed by atoms with Gasteiger partial charge >= 0.3 is 0 Å². The maximum atomic E-state index is 8.96. The summed E-state index contributed by atoms with van der Waals surface area (Å²) >= 11 is 0. The number of pyridine rings is 2.